The van der Waals surface area contributed by atoms with Crippen LogP contribution in [0.1, 0.15) is 0 Å². The van der Waals surface area contributed by atoms with Crippen LogP contribution in [0.25, 0.3) is 0 Å². The Morgan fingerprint density at radius 2 is 1.56 bits per heavy atom. The lowest BCUT2D eigenvalue weighted by Gasteiger charge is -2.38. The molecule has 0 N–H and O–H groups in total. The summed E-state index contributed by atoms with van der Waals surface area (Å²) in [6, 6.07) is 10.1. The first kappa shape index (κ1) is 12.4. The number of likely N-dealkylation sites (N-methyl/N-ethyl adjacent to an activating group) is 1. The second kappa shape index (κ2) is 5.06. The van der Waals surface area contributed by atoms with E-state index < -0.39 is 6.86 Å². The van der Waals surface area contributed by atoms with Gasteiger partial charge in [-0.3, -0.25) is 4.57 Å². The van der Waals surface area contributed by atoms with Crippen LogP contribution in [0.15, 0.2) is 30.3 Å². The SMILES string of the molecule is CN1CCN([Si](Cl)(Cl)c2ccccc2)CC1. The van der Waals surface area contributed by atoms with Crippen molar-refractivity contribution in [1.82, 2.24) is 9.47 Å². The third kappa shape index (κ3) is 2.60. The van der Waals surface area contributed by atoms with E-state index in [0.29, 0.717) is 0 Å². The van der Waals surface area contributed by atoms with Crippen LogP contribution in [0.3, 0.4) is 0 Å². The maximum Gasteiger partial charge on any atom is 0.356 e. The second-order valence-corrected chi connectivity index (χ2v) is 10.4. The lowest BCUT2D eigenvalue weighted by molar-refractivity contribution is 0.222. The van der Waals surface area contributed by atoms with Crippen LogP contribution < -0.4 is 5.19 Å². The summed E-state index contributed by atoms with van der Waals surface area (Å²) in [5, 5.41) is 1.09. The van der Waals surface area contributed by atoms with Crippen LogP contribution in [0.4, 0.5) is 0 Å². The van der Waals surface area contributed by atoms with E-state index in [-0.39, 0.29) is 0 Å². The highest BCUT2D eigenvalue weighted by Crippen LogP contribution is 2.21. The van der Waals surface area contributed by atoms with Gasteiger partial charge in [-0.05, 0) is 12.2 Å². The van der Waals surface area contributed by atoms with Gasteiger partial charge in [-0.1, -0.05) is 30.3 Å². The molecule has 1 fully saturated rings. The summed E-state index contributed by atoms with van der Waals surface area (Å²) >= 11 is 13.2. The van der Waals surface area contributed by atoms with E-state index in [0.717, 1.165) is 31.4 Å². The number of hydrogen-bond acceptors (Lipinski definition) is 2. The van der Waals surface area contributed by atoms with E-state index >= 15 is 0 Å². The molecule has 5 heteroatoms. The molecule has 0 spiro atoms. The molecule has 16 heavy (non-hydrogen) atoms. The number of nitrogens with zero attached hydrogens (tertiary/aromatic N) is 2. The molecular weight excluding hydrogens is 259 g/mol. The maximum atomic E-state index is 6.60. The monoisotopic (exact) mass is 274 g/mol. The molecule has 0 aliphatic carbocycles. The molecule has 0 radical (unpaired) electrons. The van der Waals surface area contributed by atoms with Gasteiger partial charge < -0.3 is 4.90 Å². The van der Waals surface area contributed by atoms with Gasteiger partial charge in [0.05, 0.1) is 0 Å². The van der Waals surface area contributed by atoms with E-state index in [2.05, 4.69) is 16.5 Å². The van der Waals surface area contributed by atoms with Crippen LogP contribution in [-0.2, 0) is 0 Å². The van der Waals surface area contributed by atoms with Crippen molar-refractivity contribution in [2.24, 2.45) is 0 Å². The molecule has 0 aromatic heterocycles. The zero-order chi connectivity index (χ0) is 11.6. The number of hydrogen-bond donors (Lipinski definition) is 0. The fraction of sp³-hybridized carbons (Fsp3) is 0.455. The Kier molecular flexibility index (Phi) is 3.92. The van der Waals surface area contributed by atoms with Crippen molar-refractivity contribution in [2.45, 2.75) is 0 Å². The molecule has 1 aliphatic rings. The van der Waals surface area contributed by atoms with Gasteiger partial charge >= 0.3 is 6.86 Å². The zero-order valence-corrected chi connectivity index (χ0v) is 11.9. The summed E-state index contributed by atoms with van der Waals surface area (Å²) in [5.41, 5.74) is 0. The van der Waals surface area contributed by atoms with Gasteiger partial charge in [-0.2, -0.15) is 0 Å². The lowest BCUT2D eigenvalue weighted by Crippen LogP contribution is -2.60. The van der Waals surface area contributed by atoms with E-state index in [1.807, 2.05) is 30.3 Å². The van der Waals surface area contributed by atoms with Gasteiger partial charge in [0.2, 0.25) is 0 Å². The van der Waals surface area contributed by atoms with Gasteiger partial charge in [0, 0.05) is 26.2 Å². The van der Waals surface area contributed by atoms with Crippen LogP contribution in [0, 0.1) is 0 Å². The van der Waals surface area contributed by atoms with E-state index in [4.69, 9.17) is 22.2 Å². The maximum absolute atomic E-state index is 6.60. The van der Waals surface area contributed by atoms with Crippen molar-refractivity contribution in [3.63, 3.8) is 0 Å². The summed E-state index contributed by atoms with van der Waals surface area (Å²) < 4.78 is 2.26. The summed E-state index contributed by atoms with van der Waals surface area (Å²) in [6.07, 6.45) is 0. The minimum atomic E-state index is -2.46. The van der Waals surface area contributed by atoms with Crippen LogP contribution in [0.2, 0.25) is 0 Å². The third-order valence-electron chi connectivity index (χ3n) is 3.02. The van der Waals surface area contributed by atoms with E-state index in [1.165, 1.54) is 0 Å². The van der Waals surface area contributed by atoms with Crippen LogP contribution in [0.5, 0.6) is 0 Å². The molecule has 0 saturated carbocycles. The van der Waals surface area contributed by atoms with Crippen LogP contribution in [-0.4, -0.2) is 49.5 Å². The Morgan fingerprint density at radius 1 is 1.00 bits per heavy atom. The molecule has 0 unspecified atom stereocenters. The zero-order valence-electron chi connectivity index (χ0n) is 9.37. The molecular formula is C11H16Cl2N2Si. The first-order chi connectivity index (χ1) is 7.60. The summed E-state index contributed by atoms with van der Waals surface area (Å²) in [6.45, 7) is 1.55. The van der Waals surface area contributed by atoms with Crippen molar-refractivity contribution in [3.05, 3.63) is 30.3 Å². The first-order valence-corrected chi connectivity index (χ1v) is 9.45. The minimum absolute atomic E-state index is 0.963. The smallest absolute Gasteiger partial charge is 0.304 e. The Labute approximate surface area is 107 Å². The molecule has 1 saturated heterocycles. The fourth-order valence-corrected chi connectivity index (χ4v) is 5.40. The highest BCUT2D eigenvalue weighted by atomic mass is 35.7. The summed E-state index contributed by atoms with van der Waals surface area (Å²) in [4.78, 5) is 2.31. The Bertz CT molecular complexity index is 337. The highest BCUT2D eigenvalue weighted by molar-refractivity contribution is 7.49. The largest absolute Gasteiger partial charge is 0.356 e. The van der Waals surface area contributed by atoms with Crippen molar-refractivity contribution in [2.75, 3.05) is 33.2 Å². The molecule has 0 bridgehead atoms. The second-order valence-electron chi connectivity index (χ2n) is 4.20. The third-order valence-corrected chi connectivity index (χ3v) is 8.03. The minimum Gasteiger partial charge on any atom is -0.304 e. The Hall–Kier alpha value is -0.0631. The highest BCUT2D eigenvalue weighted by Gasteiger charge is 2.39. The van der Waals surface area contributed by atoms with Crippen molar-refractivity contribution < 1.29 is 0 Å². The topological polar surface area (TPSA) is 6.48 Å². The molecule has 88 valence electrons. The molecule has 0 atom stereocenters. The molecule has 1 aliphatic heterocycles. The average molecular weight is 275 g/mol. The summed E-state index contributed by atoms with van der Waals surface area (Å²) in [7, 11) is 2.13. The van der Waals surface area contributed by atoms with Crippen molar-refractivity contribution >= 4 is 34.2 Å². The van der Waals surface area contributed by atoms with E-state index in [9.17, 15) is 0 Å². The predicted molar refractivity (Wildman–Crippen MR) is 72.6 cm³/mol. The lowest BCUT2D eigenvalue weighted by atomic mass is 10.4. The number of rotatable bonds is 2. The molecule has 2 nitrogen and oxygen atoms in total. The molecule has 1 aromatic rings. The summed E-state index contributed by atoms with van der Waals surface area (Å²) in [5.74, 6) is 0. The Balaban J connectivity index is 2.13. The molecule has 1 aromatic carbocycles. The molecule has 2 rings (SSSR count). The quantitative estimate of drug-likeness (QED) is 0.597. The standard InChI is InChI=1S/C11H16Cl2N2Si/c1-14-7-9-15(10-8-14)16(12,13)11-5-3-2-4-6-11/h2-6H,7-10H2,1H3. The predicted octanol–water partition coefficient (Wildman–Crippen LogP) is 1.56. The fourth-order valence-electron chi connectivity index (χ4n) is 1.91. The van der Waals surface area contributed by atoms with Gasteiger partial charge in [-0.25, -0.2) is 0 Å². The van der Waals surface area contributed by atoms with Gasteiger partial charge in [0.1, 0.15) is 0 Å². The van der Waals surface area contributed by atoms with Gasteiger partial charge in [-0.15, -0.1) is 22.2 Å². The number of benzene rings is 1. The average Bonchev–Trinajstić information content (AvgIpc) is 2.31. The van der Waals surface area contributed by atoms with Crippen LogP contribution >= 0.6 is 22.2 Å². The first-order valence-electron chi connectivity index (χ1n) is 5.47. The van der Waals surface area contributed by atoms with Crippen molar-refractivity contribution in [1.29, 1.82) is 0 Å². The van der Waals surface area contributed by atoms with Gasteiger partial charge in [0.25, 0.3) is 0 Å². The normalized spacial score (nSPS) is 19.9. The van der Waals surface area contributed by atoms with E-state index in [1.54, 1.807) is 0 Å². The van der Waals surface area contributed by atoms with Crippen molar-refractivity contribution in [3.8, 4) is 0 Å². The molecule has 1 heterocycles. The van der Waals surface area contributed by atoms with Gasteiger partial charge in [0.15, 0.2) is 0 Å². The Morgan fingerprint density at radius 3 is 2.12 bits per heavy atom. The number of piperazine rings is 1. The molecule has 0 amide bonds. The number of halogens is 2.